The van der Waals surface area contributed by atoms with Crippen molar-refractivity contribution in [2.75, 3.05) is 0 Å². The smallest absolute Gasteiger partial charge is 0.0204 e. The molecule has 0 aromatic heterocycles. The van der Waals surface area contributed by atoms with Crippen molar-refractivity contribution in [3.05, 3.63) is 0 Å². The molecule has 5 rings (SSSR count). The summed E-state index contributed by atoms with van der Waals surface area (Å²) < 4.78 is 0. The zero-order valence-electron chi connectivity index (χ0n) is 10.6. The molecule has 5 fully saturated rings. The fourth-order valence-corrected chi connectivity index (χ4v) is 6.75. The van der Waals surface area contributed by atoms with Crippen molar-refractivity contribution < 1.29 is 0 Å². The van der Waals surface area contributed by atoms with E-state index in [0.717, 1.165) is 34.5 Å². The molecular weight excluding hydrogens is 180 g/mol. The van der Waals surface area contributed by atoms with Gasteiger partial charge >= 0.3 is 0 Å². The van der Waals surface area contributed by atoms with Gasteiger partial charge in [-0.05, 0) is 59.2 Å². The van der Waals surface area contributed by atoms with Crippen molar-refractivity contribution in [2.24, 2.45) is 39.9 Å². The van der Waals surface area contributed by atoms with Crippen LogP contribution in [0.2, 0.25) is 0 Å². The van der Waals surface area contributed by atoms with Crippen LogP contribution in [0.4, 0.5) is 0 Å². The predicted molar refractivity (Wildman–Crippen MR) is 62.4 cm³/mol. The molecule has 5 aliphatic carbocycles. The van der Waals surface area contributed by atoms with Gasteiger partial charge in [0.05, 0.1) is 0 Å². The quantitative estimate of drug-likeness (QED) is 0.557. The van der Waals surface area contributed by atoms with Crippen LogP contribution in [0.15, 0.2) is 0 Å². The van der Waals surface area contributed by atoms with E-state index in [-0.39, 0.29) is 0 Å². The second-order valence-corrected chi connectivity index (χ2v) is 8.04. The van der Waals surface area contributed by atoms with E-state index in [9.17, 15) is 0 Å². The van der Waals surface area contributed by atoms with Crippen LogP contribution in [0.25, 0.3) is 0 Å². The van der Waals surface area contributed by atoms with Gasteiger partial charge in [-0.25, -0.2) is 0 Å². The molecule has 0 aliphatic heterocycles. The Bertz CT molecular complexity index is 342. The third-order valence-electron chi connectivity index (χ3n) is 7.58. The van der Waals surface area contributed by atoms with Crippen LogP contribution < -0.4 is 0 Å². The maximum atomic E-state index is 2.64. The molecule has 5 aliphatic rings. The van der Waals surface area contributed by atoms with E-state index < -0.39 is 0 Å². The normalized spacial score (nSPS) is 68.0. The topological polar surface area (TPSA) is 0 Å². The molecule has 0 unspecified atom stereocenters. The zero-order valence-corrected chi connectivity index (χ0v) is 10.6. The summed E-state index contributed by atoms with van der Waals surface area (Å²) in [5.41, 5.74) is 2.16. The molecule has 0 amide bonds. The van der Waals surface area contributed by atoms with Gasteiger partial charge in [0.1, 0.15) is 0 Å². The summed E-state index contributed by atoms with van der Waals surface area (Å²) in [6.45, 7) is 10.4. The monoisotopic (exact) mass is 204 g/mol. The lowest BCUT2D eigenvalue weighted by Gasteiger charge is -2.35. The first kappa shape index (κ1) is 9.07. The summed E-state index contributed by atoms with van der Waals surface area (Å²) >= 11 is 0. The fourth-order valence-electron chi connectivity index (χ4n) is 6.75. The van der Waals surface area contributed by atoms with Crippen molar-refractivity contribution in [1.82, 2.24) is 0 Å². The van der Waals surface area contributed by atoms with Gasteiger partial charge in [0, 0.05) is 0 Å². The highest BCUT2D eigenvalue weighted by Crippen LogP contribution is 2.91. The van der Waals surface area contributed by atoms with Gasteiger partial charge in [0.25, 0.3) is 0 Å². The minimum absolute atomic E-state index is 0.649. The molecule has 0 aromatic carbocycles. The average Bonchev–Trinajstić information content (AvgIpc) is 2.49. The largest absolute Gasteiger partial charge is 0.0596 e. The standard InChI is InChI=1S/C15H24/c1-13(2)6-5-7-14(3)9-8-10-12(11(9)13)15(10,14)4/h9-12H,5-8H2,1-4H3/t9-,10-,11-,12+,14+,15+/m1/s1. The maximum absolute atomic E-state index is 2.64. The molecule has 0 aromatic rings. The molecular formula is C15H24. The van der Waals surface area contributed by atoms with Gasteiger partial charge < -0.3 is 0 Å². The average molecular weight is 204 g/mol. The van der Waals surface area contributed by atoms with Gasteiger partial charge in [-0.3, -0.25) is 0 Å². The zero-order chi connectivity index (χ0) is 10.6. The second-order valence-electron chi connectivity index (χ2n) is 8.04. The van der Waals surface area contributed by atoms with Crippen molar-refractivity contribution in [2.45, 2.75) is 53.4 Å². The van der Waals surface area contributed by atoms with Crippen molar-refractivity contribution >= 4 is 0 Å². The Kier molecular flexibility index (Phi) is 1.24. The van der Waals surface area contributed by atoms with Crippen LogP contribution >= 0.6 is 0 Å². The van der Waals surface area contributed by atoms with Crippen LogP contribution in [0.1, 0.15) is 53.4 Å². The Morgan fingerprint density at radius 1 is 0.867 bits per heavy atom. The fraction of sp³-hybridized carbons (Fsp3) is 1.00. The molecule has 0 saturated heterocycles. The third kappa shape index (κ3) is 0.666. The Labute approximate surface area is 93.8 Å². The molecule has 6 bridgehead atoms. The van der Waals surface area contributed by atoms with Crippen molar-refractivity contribution in [3.8, 4) is 0 Å². The number of hydrogen-bond acceptors (Lipinski definition) is 0. The first-order valence-corrected chi connectivity index (χ1v) is 6.93. The van der Waals surface area contributed by atoms with Gasteiger partial charge in [-0.2, -0.15) is 0 Å². The van der Waals surface area contributed by atoms with Crippen LogP contribution in [-0.4, -0.2) is 0 Å². The van der Waals surface area contributed by atoms with E-state index in [1.807, 2.05) is 0 Å². The number of hydrogen-bond donors (Lipinski definition) is 0. The molecule has 6 atom stereocenters. The molecule has 0 radical (unpaired) electrons. The van der Waals surface area contributed by atoms with E-state index in [1.165, 1.54) is 19.3 Å². The molecule has 0 heteroatoms. The van der Waals surface area contributed by atoms with E-state index >= 15 is 0 Å². The predicted octanol–water partition coefficient (Wildman–Crippen LogP) is 4.10. The summed E-state index contributed by atoms with van der Waals surface area (Å²) in [7, 11) is 0. The van der Waals surface area contributed by atoms with Crippen molar-refractivity contribution in [1.29, 1.82) is 0 Å². The third-order valence-corrected chi connectivity index (χ3v) is 7.58. The molecule has 84 valence electrons. The van der Waals surface area contributed by atoms with Gasteiger partial charge in [-0.1, -0.05) is 34.1 Å². The second kappa shape index (κ2) is 2.05. The lowest BCUT2D eigenvalue weighted by Crippen LogP contribution is -2.29. The van der Waals surface area contributed by atoms with Crippen molar-refractivity contribution in [3.63, 3.8) is 0 Å². The lowest BCUT2D eigenvalue weighted by atomic mass is 9.69. The lowest BCUT2D eigenvalue weighted by molar-refractivity contribution is 0.127. The van der Waals surface area contributed by atoms with Gasteiger partial charge in [0.15, 0.2) is 0 Å². The molecule has 0 heterocycles. The van der Waals surface area contributed by atoms with E-state index in [4.69, 9.17) is 0 Å². The maximum Gasteiger partial charge on any atom is -0.0204 e. The van der Waals surface area contributed by atoms with Gasteiger partial charge in [0.2, 0.25) is 0 Å². The summed E-state index contributed by atoms with van der Waals surface area (Å²) in [6, 6.07) is 0. The highest BCUT2D eigenvalue weighted by atomic mass is 14.9. The Morgan fingerprint density at radius 2 is 1.60 bits per heavy atom. The highest BCUT2D eigenvalue weighted by molar-refractivity contribution is 5.33. The Balaban J connectivity index is 1.89. The van der Waals surface area contributed by atoms with Crippen LogP contribution in [0.5, 0.6) is 0 Å². The first-order chi connectivity index (χ1) is 6.93. The Hall–Kier alpha value is 0. The molecule has 0 spiro atoms. The summed E-state index contributed by atoms with van der Waals surface area (Å²) in [6.07, 6.45) is 6.10. The molecule has 0 nitrogen and oxygen atoms in total. The minimum Gasteiger partial charge on any atom is -0.0596 e. The van der Waals surface area contributed by atoms with Crippen LogP contribution in [0, 0.1) is 39.9 Å². The molecule has 15 heavy (non-hydrogen) atoms. The minimum atomic E-state index is 0.649. The van der Waals surface area contributed by atoms with Crippen LogP contribution in [-0.2, 0) is 0 Å². The van der Waals surface area contributed by atoms with Crippen LogP contribution in [0.3, 0.4) is 0 Å². The van der Waals surface area contributed by atoms with E-state index in [1.54, 1.807) is 6.42 Å². The highest BCUT2D eigenvalue weighted by Gasteiger charge is 2.86. The summed E-state index contributed by atoms with van der Waals surface area (Å²) in [4.78, 5) is 0. The number of rotatable bonds is 0. The molecule has 5 saturated carbocycles. The van der Waals surface area contributed by atoms with Gasteiger partial charge in [-0.15, -0.1) is 0 Å². The molecule has 0 N–H and O–H groups in total. The Morgan fingerprint density at radius 3 is 2.27 bits per heavy atom. The summed E-state index contributed by atoms with van der Waals surface area (Å²) in [5.74, 6) is 4.44. The summed E-state index contributed by atoms with van der Waals surface area (Å²) in [5, 5.41) is 0. The SMILES string of the molecule is CC1(C)CCC[C@@]2(C)[C@@H]3C[C@@H]4[C@@H]([C@@H]31)[C@]42C. The van der Waals surface area contributed by atoms with E-state index in [2.05, 4.69) is 27.7 Å². The first-order valence-electron chi connectivity index (χ1n) is 6.93. The van der Waals surface area contributed by atoms with E-state index in [0.29, 0.717) is 5.41 Å².